The fourth-order valence-electron chi connectivity index (χ4n) is 13.6. The molecule has 0 aliphatic carbocycles. The highest BCUT2D eigenvalue weighted by atomic mass is 16.6. The molecule has 3 aromatic carbocycles. The van der Waals surface area contributed by atoms with Gasteiger partial charge in [0, 0.05) is 91.4 Å². The van der Waals surface area contributed by atoms with E-state index in [4.69, 9.17) is 4.74 Å². The highest BCUT2D eigenvalue weighted by Crippen LogP contribution is 2.30. The number of amides is 8. The highest BCUT2D eigenvalue weighted by Gasteiger charge is 2.48. The molecule has 0 saturated carbocycles. The molecule has 94 heavy (non-hydrogen) atoms. The topological polar surface area (TPSA) is 242 Å². The van der Waals surface area contributed by atoms with E-state index in [2.05, 4.69) is 63.9 Å². The monoisotopic (exact) mass is 1300 g/mol. The Morgan fingerprint density at radius 2 is 1.11 bits per heavy atom. The summed E-state index contributed by atoms with van der Waals surface area (Å²) in [5, 5.41) is 20.7. The molecule has 3 heterocycles. The molecule has 3 aromatic rings. The van der Waals surface area contributed by atoms with Gasteiger partial charge < -0.3 is 55.2 Å². The van der Waals surface area contributed by atoms with Crippen LogP contribution >= 0.6 is 0 Å². The molecule has 0 radical (unpaired) electrons. The molecule has 0 aromatic heterocycles. The normalized spacial score (nSPS) is 25.4. The third-order valence-electron chi connectivity index (χ3n) is 19.5. The van der Waals surface area contributed by atoms with Gasteiger partial charge in [0.2, 0.25) is 41.4 Å². The Morgan fingerprint density at radius 1 is 0.553 bits per heavy atom. The molecule has 3 fully saturated rings. The van der Waals surface area contributed by atoms with E-state index in [1.165, 1.54) is 61.6 Å². The molecule has 11 atom stereocenters. The van der Waals surface area contributed by atoms with Crippen molar-refractivity contribution in [3.63, 3.8) is 0 Å². The number of likely N-dealkylation sites (N-methyl/N-ethyl adjacent to an activating group) is 4. The molecule has 518 valence electrons. The fourth-order valence-corrected chi connectivity index (χ4v) is 13.6. The van der Waals surface area contributed by atoms with E-state index >= 15 is 28.8 Å². The Bertz CT molecular complexity index is 3090. The van der Waals surface area contributed by atoms with Crippen LogP contribution in [-0.2, 0) is 60.7 Å². The van der Waals surface area contributed by atoms with Crippen molar-refractivity contribution in [2.45, 2.75) is 208 Å². The van der Waals surface area contributed by atoms with E-state index in [9.17, 15) is 19.5 Å². The fraction of sp³-hybridized carbons (Fsp3) is 0.630. The summed E-state index contributed by atoms with van der Waals surface area (Å²) in [6.45, 7) is 28.9. The van der Waals surface area contributed by atoms with Gasteiger partial charge in [-0.3, -0.25) is 43.3 Å². The number of anilines is 1. The van der Waals surface area contributed by atoms with Crippen molar-refractivity contribution < 1.29 is 53.0 Å². The van der Waals surface area contributed by atoms with Gasteiger partial charge in [-0.2, -0.15) is 0 Å². The van der Waals surface area contributed by atoms with Crippen LogP contribution in [0.5, 0.6) is 0 Å². The minimum absolute atomic E-state index is 0.00326. The Morgan fingerprint density at radius 3 is 1.65 bits per heavy atom. The summed E-state index contributed by atoms with van der Waals surface area (Å²) < 4.78 is 6.16. The van der Waals surface area contributed by atoms with Gasteiger partial charge in [-0.1, -0.05) is 142 Å². The molecule has 0 bridgehead atoms. The second-order valence-corrected chi connectivity index (χ2v) is 28.6. The van der Waals surface area contributed by atoms with E-state index in [0.29, 0.717) is 30.9 Å². The number of hydrogen-bond donors (Lipinski definition) is 4. The van der Waals surface area contributed by atoms with Gasteiger partial charge in [0.15, 0.2) is 12.1 Å². The van der Waals surface area contributed by atoms with E-state index < -0.39 is 137 Å². The first-order valence-electron chi connectivity index (χ1n) is 34.2. The zero-order valence-corrected chi connectivity index (χ0v) is 59.3. The first kappa shape index (κ1) is 75.6. The molecule has 2 unspecified atom stereocenters. The van der Waals surface area contributed by atoms with Crippen LogP contribution < -0.4 is 20.9 Å². The number of ether oxygens (including phenoxy) is 1. The standard InChI is InChI=1S/C73H110N10O11/c1-19-48(11)59-70(90)78(16)60(45(5)6)65(85)74-55(40-44(3)4)68(88)80(18)63(73(13,14)93)72(92)94-62(49(12)20-2)71(91)79(17)61(46(7)8)66(86)75-56(42-50-26-22-21-23-27-50)67(87)77(15)58(69(89)83-35-25-30-57(83)64(84)76-59)43-51-28-24-29-53(41-51)52-31-33-54(34-32-52)82-38-36-81(37-39-82)47(9)10/h21-24,26-29,31-34,41,44-49,55-63,93H,19-20,25,30,35-40,42-43H2,1-18H3,(H,74,85)(H,75,86)(H,76,84)/t48-,49-,55-,56-,57-,58-,59-,60?,61?,62+,63+/m0/s1. The van der Waals surface area contributed by atoms with Crippen molar-refractivity contribution >= 4 is 58.9 Å². The number of cyclic esters (lactones) is 1. The summed E-state index contributed by atoms with van der Waals surface area (Å²) in [4.78, 5) is 148. The SMILES string of the molecule is CC[C@H](C)[C@@H]1NC(=O)[C@@H]2CCCN2C(=O)[C@H](Cc2cccc(-c3ccc(N4CCN(C(C)C)CC4)cc3)c2)N(C)C(=O)[C@H](Cc2ccccc2)NC(=O)C(C(C)C)N(C)C(=O)[C@@H]([C@@H](C)CC)OC(=O)[C@H](C(C)(C)O)N(C)C(=O)[C@H](CC(C)C)NC(=O)C(C(C)C)N(C)C1=O. The number of rotatable bonds is 16. The molecule has 6 rings (SSSR count). The van der Waals surface area contributed by atoms with Crippen LogP contribution in [0.25, 0.3) is 11.1 Å². The number of carbonyl (C=O) groups is 9. The zero-order valence-electron chi connectivity index (χ0n) is 59.3. The van der Waals surface area contributed by atoms with Gasteiger partial charge in [0.05, 0.1) is 5.60 Å². The number of carbonyl (C=O) groups excluding carboxylic acids is 9. The molecule has 21 heteroatoms. The lowest BCUT2D eigenvalue weighted by atomic mass is 9.93. The average molecular weight is 1300 g/mol. The number of fused-ring (bicyclic) bond motifs is 1. The number of nitrogens with one attached hydrogen (secondary N) is 3. The van der Waals surface area contributed by atoms with Gasteiger partial charge >= 0.3 is 5.97 Å². The van der Waals surface area contributed by atoms with Crippen molar-refractivity contribution in [2.75, 3.05) is 65.8 Å². The second kappa shape index (κ2) is 33.3. The quantitative estimate of drug-likeness (QED) is 0.111. The Balaban J connectivity index is 1.50. The van der Waals surface area contributed by atoms with E-state index in [-0.39, 0.29) is 38.1 Å². The first-order valence-corrected chi connectivity index (χ1v) is 34.2. The maximum Gasteiger partial charge on any atom is 0.332 e. The summed E-state index contributed by atoms with van der Waals surface area (Å²) >= 11 is 0. The van der Waals surface area contributed by atoms with Crippen molar-refractivity contribution in [1.82, 2.24) is 45.3 Å². The number of hydrogen-bond acceptors (Lipinski definition) is 13. The smallest absolute Gasteiger partial charge is 0.332 e. The minimum atomic E-state index is -1.99. The van der Waals surface area contributed by atoms with Gasteiger partial charge in [-0.05, 0) is 111 Å². The van der Waals surface area contributed by atoms with Crippen LogP contribution in [0.3, 0.4) is 0 Å². The highest BCUT2D eigenvalue weighted by molar-refractivity contribution is 5.99. The molecule has 21 nitrogen and oxygen atoms in total. The summed E-state index contributed by atoms with van der Waals surface area (Å²) in [5.41, 5.74) is 2.37. The molecule has 0 spiro atoms. The van der Waals surface area contributed by atoms with Crippen LogP contribution in [0, 0.1) is 29.6 Å². The lowest BCUT2D eigenvalue weighted by Crippen LogP contribution is -2.63. The van der Waals surface area contributed by atoms with Gasteiger partial charge in [-0.25, -0.2) is 4.79 Å². The maximum atomic E-state index is 15.9. The number of esters is 1. The number of nitrogens with zero attached hydrogens (tertiary/aromatic N) is 7. The van der Waals surface area contributed by atoms with Gasteiger partial charge in [0.25, 0.3) is 5.91 Å². The third-order valence-corrected chi connectivity index (χ3v) is 19.5. The van der Waals surface area contributed by atoms with E-state index in [0.717, 1.165) is 53.5 Å². The van der Waals surface area contributed by atoms with Crippen LogP contribution in [-0.4, -0.2) is 215 Å². The summed E-state index contributed by atoms with van der Waals surface area (Å²) in [6.07, 6.45) is -0.0562. The van der Waals surface area contributed by atoms with Crippen LogP contribution in [0.2, 0.25) is 0 Å². The van der Waals surface area contributed by atoms with Crippen molar-refractivity contribution in [3.8, 4) is 11.1 Å². The van der Waals surface area contributed by atoms with Crippen LogP contribution in [0.1, 0.15) is 140 Å². The number of benzene rings is 3. The van der Waals surface area contributed by atoms with Gasteiger partial charge in [0.1, 0.15) is 42.3 Å². The van der Waals surface area contributed by atoms with Crippen molar-refractivity contribution in [3.05, 3.63) is 90.0 Å². The lowest BCUT2D eigenvalue weighted by molar-refractivity contribution is -0.177. The third kappa shape index (κ3) is 18.5. The predicted molar refractivity (Wildman–Crippen MR) is 366 cm³/mol. The largest absolute Gasteiger partial charge is 0.450 e. The summed E-state index contributed by atoms with van der Waals surface area (Å²) in [7, 11) is 5.73. The molecule has 3 aliphatic rings. The molecular weight excluding hydrogens is 1190 g/mol. The Kier molecular flexibility index (Phi) is 26.8. The minimum Gasteiger partial charge on any atom is -0.450 e. The molecule has 3 aliphatic heterocycles. The van der Waals surface area contributed by atoms with E-state index in [1.807, 2.05) is 82.3 Å². The Labute approximate surface area is 559 Å². The number of piperazine rings is 1. The van der Waals surface area contributed by atoms with Crippen LogP contribution in [0.15, 0.2) is 78.9 Å². The summed E-state index contributed by atoms with van der Waals surface area (Å²) in [5.74, 6) is -8.79. The first-order chi connectivity index (χ1) is 44.2. The molecular formula is C73H110N10O11. The molecule has 8 amide bonds. The Hall–Kier alpha value is -7.39. The molecule has 4 N–H and O–H groups in total. The lowest BCUT2D eigenvalue weighted by Gasteiger charge is -2.39. The average Bonchev–Trinajstić information content (AvgIpc) is 1.21. The van der Waals surface area contributed by atoms with Gasteiger partial charge in [-0.15, -0.1) is 0 Å². The zero-order chi connectivity index (χ0) is 69.8. The van der Waals surface area contributed by atoms with Crippen molar-refractivity contribution in [1.29, 1.82) is 0 Å². The van der Waals surface area contributed by atoms with Crippen molar-refractivity contribution in [2.24, 2.45) is 29.6 Å². The molecule has 3 saturated heterocycles. The maximum absolute atomic E-state index is 15.9. The van der Waals surface area contributed by atoms with E-state index in [1.54, 1.807) is 41.5 Å². The predicted octanol–water partition coefficient (Wildman–Crippen LogP) is 6.57. The number of aliphatic hydroxyl groups is 1. The second-order valence-electron chi connectivity index (χ2n) is 28.6. The summed E-state index contributed by atoms with van der Waals surface area (Å²) in [6, 6.07) is 15.5. The van der Waals surface area contributed by atoms with Crippen LogP contribution in [0.4, 0.5) is 5.69 Å².